The third kappa shape index (κ3) is 4.15. The molecule has 0 saturated carbocycles. The predicted molar refractivity (Wildman–Crippen MR) is 89.5 cm³/mol. The minimum atomic E-state index is 0.552. The van der Waals surface area contributed by atoms with Crippen LogP contribution in [0.25, 0.3) is 0 Å². The van der Waals surface area contributed by atoms with Crippen LogP contribution in [0, 0.1) is 6.92 Å². The summed E-state index contributed by atoms with van der Waals surface area (Å²) < 4.78 is 5.71. The van der Waals surface area contributed by atoms with Gasteiger partial charge in [0.15, 0.2) is 5.75 Å². The molecular weight excluding hydrogens is 359 g/mol. The maximum Gasteiger partial charge on any atom is 0.156 e. The first kappa shape index (κ1) is 15.7. The largest absolute Gasteiger partial charge is 0.490 e. The molecule has 0 aliphatic heterocycles. The summed E-state index contributed by atoms with van der Waals surface area (Å²) >= 11 is 15.7. The normalized spacial score (nSPS) is 10.6. The fourth-order valence-electron chi connectivity index (χ4n) is 1.89. The van der Waals surface area contributed by atoms with Gasteiger partial charge in [0.2, 0.25) is 0 Å². The van der Waals surface area contributed by atoms with Crippen LogP contribution in [0.1, 0.15) is 16.7 Å². The maximum absolute atomic E-state index is 6.14. The summed E-state index contributed by atoms with van der Waals surface area (Å²) in [4.78, 5) is 0. The van der Waals surface area contributed by atoms with Gasteiger partial charge in [-0.1, -0.05) is 63.4 Å². The minimum absolute atomic E-state index is 0.552. The maximum atomic E-state index is 6.14. The van der Waals surface area contributed by atoms with E-state index >= 15 is 0 Å². The average Bonchev–Trinajstić information content (AvgIpc) is 2.42. The number of alkyl halides is 1. The van der Waals surface area contributed by atoms with E-state index in [4.69, 9.17) is 27.9 Å². The van der Waals surface area contributed by atoms with Gasteiger partial charge in [-0.05, 0) is 35.7 Å². The zero-order valence-electron chi connectivity index (χ0n) is 11.1. The Bertz CT molecular complexity index is 559. The van der Waals surface area contributed by atoms with Crippen LogP contribution < -0.4 is 4.74 Å². The highest BCUT2D eigenvalue weighted by Gasteiger charge is 2.08. The molecule has 0 heterocycles. The smallest absolute Gasteiger partial charge is 0.156 e. The minimum Gasteiger partial charge on any atom is -0.490 e. The summed E-state index contributed by atoms with van der Waals surface area (Å²) in [6.07, 6.45) is 0.823. The molecule has 0 aliphatic carbocycles. The first-order valence-electron chi connectivity index (χ1n) is 6.32. The molecular formula is C16H15BrCl2O. The zero-order valence-corrected chi connectivity index (χ0v) is 14.2. The van der Waals surface area contributed by atoms with Gasteiger partial charge in [0.25, 0.3) is 0 Å². The molecule has 0 spiro atoms. The third-order valence-electron chi connectivity index (χ3n) is 2.96. The first-order valence-corrected chi connectivity index (χ1v) is 8.20. The molecule has 0 unspecified atom stereocenters. The summed E-state index contributed by atoms with van der Waals surface area (Å²) in [5, 5.41) is 1.99. The van der Waals surface area contributed by atoms with Crippen molar-refractivity contribution in [3.8, 4) is 5.75 Å². The quantitative estimate of drug-likeness (QED) is 0.600. The first-order chi connectivity index (χ1) is 9.60. The van der Waals surface area contributed by atoms with Crippen LogP contribution in [0.4, 0.5) is 0 Å². The van der Waals surface area contributed by atoms with E-state index in [1.807, 2.05) is 19.1 Å². The molecule has 0 saturated heterocycles. The van der Waals surface area contributed by atoms with Gasteiger partial charge >= 0.3 is 0 Å². The van der Waals surface area contributed by atoms with Gasteiger partial charge in [-0.3, -0.25) is 0 Å². The second-order valence-electron chi connectivity index (χ2n) is 4.61. The molecule has 106 valence electrons. The molecule has 1 nitrogen and oxygen atoms in total. The van der Waals surface area contributed by atoms with Crippen molar-refractivity contribution in [3.63, 3.8) is 0 Å². The average molecular weight is 374 g/mol. The van der Waals surface area contributed by atoms with Crippen molar-refractivity contribution in [1.29, 1.82) is 0 Å². The summed E-state index contributed by atoms with van der Waals surface area (Å²) in [6, 6.07) is 12.1. The molecule has 0 atom stereocenters. The number of hydrogen-bond donors (Lipinski definition) is 0. The SMILES string of the molecule is Cc1cc(Cl)c(OCCc2ccc(CBr)cc2)c(Cl)c1. The second kappa shape index (κ2) is 7.35. The van der Waals surface area contributed by atoms with Crippen molar-refractivity contribution >= 4 is 39.1 Å². The monoisotopic (exact) mass is 372 g/mol. The molecule has 2 aromatic rings. The van der Waals surface area contributed by atoms with E-state index in [0.717, 1.165) is 17.3 Å². The van der Waals surface area contributed by atoms with Gasteiger partial charge in [-0.25, -0.2) is 0 Å². The van der Waals surface area contributed by atoms with Gasteiger partial charge in [0.1, 0.15) is 0 Å². The van der Waals surface area contributed by atoms with Crippen LogP contribution in [-0.4, -0.2) is 6.61 Å². The topological polar surface area (TPSA) is 9.23 Å². The van der Waals surface area contributed by atoms with E-state index in [-0.39, 0.29) is 0 Å². The van der Waals surface area contributed by atoms with Crippen LogP contribution in [0.2, 0.25) is 10.0 Å². The van der Waals surface area contributed by atoms with Gasteiger partial charge in [-0.15, -0.1) is 0 Å². The predicted octanol–water partition coefficient (Wildman–Crippen LogP) is 5.82. The lowest BCUT2D eigenvalue weighted by molar-refractivity contribution is 0.322. The highest BCUT2D eigenvalue weighted by molar-refractivity contribution is 9.08. The molecule has 0 radical (unpaired) electrons. The van der Waals surface area contributed by atoms with E-state index in [1.165, 1.54) is 11.1 Å². The zero-order chi connectivity index (χ0) is 14.5. The van der Waals surface area contributed by atoms with Crippen molar-refractivity contribution in [2.75, 3.05) is 6.61 Å². The van der Waals surface area contributed by atoms with Gasteiger partial charge < -0.3 is 4.74 Å². The second-order valence-corrected chi connectivity index (χ2v) is 5.98. The van der Waals surface area contributed by atoms with Crippen LogP contribution in [0.3, 0.4) is 0 Å². The lowest BCUT2D eigenvalue weighted by Crippen LogP contribution is -2.02. The summed E-state index contributed by atoms with van der Waals surface area (Å²) in [7, 11) is 0. The third-order valence-corrected chi connectivity index (χ3v) is 4.17. The molecule has 0 aromatic heterocycles. The van der Waals surface area contributed by atoms with Crippen LogP contribution in [0.15, 0.2) is 36.4 Å². The molecule has 0 N–H and O–H groups in total. The van der Waals surface area contributed by atoms with Crippen molar-refractivity contribution in [1.82, 2.24) is 0 Å². The lowest BCUT2D eigenvalue weighted by atomic mass is 10.1. The Hall–Kier alpha value is -0.700. The molecule has 0 amide bonds. The molecule has 0 fully saturated rings. The summed E-state index contributed by atoms with van der Waals surface area (Å²) in [5.74, 6) is 0.566. The number of ether oxygens (including phenoxy) is 1. The van der Waals surface area contributed by atoms with Crippen LogP contribution >= 0.6 is 39.1 Å². The fraction of sp³-hybridized carbons (Fsp3) is 0.250. The van der Waals surface area contributed by atoms with Gasteiger partial charge in [0.05, 0.1) is 16.7 Å². The van der Waals surface area contributed by atoms with Crippen LogP contribution in [0.5, 0.6) is 5.75 Å². The fourth-order valence-corrected chi connectivity index (χ4v) is 2.97. The van der Waals surface area contributed by atoms with Crippen molar-refractivity contribution < 1.29 is 4.74 Å². The Balaban J connectivity index is 1.95. The Morgan fingerprint density at radius 3 is 2.10 bits per heavy atom. The van der Waals surface area contributed by atoms with E-state index in [9.17, 15) is 0 Å². The van der Waals surface area contributed by atoms with E-state index in [1.54, 1.807) is 0 Å². The Labute approximate surface area is 138 Å². The molecule has 20 heavy (non-hydrogen) atoms. The molecule has 2 rings (SSSR count). The Kier molecular flexibility index (Phi) is 5.76. The summed E-state index contributed by atoms with van der Waals surface area (Å²) in [5.41, 5.74) is 3.52. The summed E-state index contributed by atoms with van der Waals surface area (Å²) in [6.45, 7) is 2.50. The number of halogens is 3. The van der Waals surface area contributed by atoms with Crippen molar-refractivity contribution in [2.45, 2.75) is 18.7 Å². The Morgan fingerprint density at radius 2 is 1.55 bits per heavy atom. The molecule has 2 aromatic carbocycles. The molecule has 0 bridgehead atoms. The van der Waals surface area contributed by atoms with E-state index < -0.39 is 0 Å². The number of rotatable bonds is 5. The number of hydrogen-bond acceptors (Lipinski definition) is 1. The highest BCUT2D eigenvalue weighted by atomic mass is 79.9. The molecule has 0 aliphatic rings. The standard InChI is InChI=1S/C16H15BrCl2O/c1-11-8-14(18)16(15(19)9-11)20-7-6-12-2-4-13(10-17)5-3-12/h2-5,8-9H,6-7,10H2,1H3. The number of aryl methyl sites for hydroxylation is 1. The van der Waals surface area contributed by atoms with Gasteiger partial charge in [-0.2, -0.15) is 0 Å². The van der Waals surface area contributed by atoms with Crippen molar-refractivity contribution in [2.24, 2.45) is 0 Å². The van der Waals surface area contributed by atoms with Gasteiger partial charge in [0, 0.05) is 11.8 Å². The van der Waals surface area contributed by atoms with E-state index in [0.29, 0.717) is 22.4 Å². The number of benzene rings is 2. The van der Waals surface area contributed by atoms with Crippen molar-refractivity contribution in [3.05, 3.63) is 63.1 Å². The van der Waals surface area contributed by atoms with Crippen LogP contribution in [-0.2, 0) is 11.8 Å². The Morgan fingerprint density at radius 1 is 1.00 bits per heavy atom. The molecule has 4 heteroatoms. The highest BCUT2D eigenvalue weighted by Crippen LogP contribution is 2.34. The van der Waals surface area contributed by atoms with E-state index in [2.05, 4.69) is 40.2 Å². The lowest BCUT2D eigenvalue weighted by Gasteiger charge is -2.11.